The number of aromatic nitrogens is 3. The maximum atomic E-state index is 13.0. The van der Waals surface area contributed by atoms with E-state index < -0.39 is 11.5 Å². The highest BCUT2D eigenvalue weighted by Crippen LogP contribution is 2.35. The van der Waals surface area contributed by atoms with Gasteiger partial charge in [-0.2, -0.15) is 0 Å². The van der Waals surface area contributed by atoms with Crippen molar-refractivity contribution in [3.8, 4) is 22.6 Å². The molecule has 36 heavy (non-hydrogen) atoms. The minimum atomic E-state index is -0.768. The van der Waals surface area contributed by atoms with Gasteiger partial charge in [0.15, 0.2) is 0 Å². The van der Waals surface area contributed by atoms with Gasteiger partial charge in [-0.15, -0.1) is 0 Å². The fourth-order valence-corrected chi connectivity index (χ4v) is 4.01. The van der Waals surface area contributed by atoms with E-state index in [4.69, 9.17) is 10.5 Å². The third-order valence-electron chi connectivity index (χ3n) is 6.64. The predicted octanol–water partition coefficient (Wildman–Crippen LogP) is 3.53. The maximum absolute atomic E-state index is 13.0. The minimum absolute atomic E-state index is 0.158. The Hall–Kier alpha value is -3.95. The predicted molar refractivity (Wildman–Crippen MR) is 139 cm³/mol. The molecule has 188 valence electrons. The standard InChI is InChI=1S/C27H31N5O4/c1-3-27(15-33,16-34)14-29-26(35)18(2)32-13-22(23-24(28)30-17-31-25(23)32)19-9-11-21(12-10-19)36-20-7-5-4-6-8-20/h4-13,17-18,33-34H,3,14-16H2,1-2H3,(H,29,35)(H2,28,30,31). The van der Waals surface area contributed by atoms with Crippen LogP contribution in [0.1, 0.15) is 26.3 Å². The van der Waals surface area contributed by atoms with E-state index in [1.807, 2.05) is 67.7 Å². The van der Waals surface area contributed by atoms with E-state index in [0.29, 0.717) is 29.0 Å². The number of anilines is 1. The molecule has 4 rings (SSSR count). The third-order valence-corrected chi connectivity index (χ3v) is 6.64. The van der Waals surface area contributed by atoms with Crippen LogP contribution in [0.3, 0.4) is 0 Å². The molecule has 1 unspecified atom stereocenters. The summed E-state index contributed by atoms with van der Waals surface area (Å²) in [5.41, 5.74) is 7.68. The zero-order valence-electron chi connectivity index (χ0n) is 20.4. The summed E-state index contributed by atoms with van der Waals surface area (Å²) in [5.74, 6) is 1.49. The van der Waals surface area contributed by atoms with Crippen LogP contribution < -0.4 is 15.8 Å². The molecule has 0 fully saturated rings. The Labute approximate surface area is 209 Å². The molecule has 0 radical (unpaired) electrons. The fraction of sp³-hybridized carbons (Fsp3) is 0.296. The smallest absolute Gasteiger partial charge is 0.242 e. The van der Waals surface area contributed by atoms with Crippen LogP contribution in [-0.2, 0) is 4.79 Å². The van der Waals surface area contributed by atoms with E-state index >= 15 is 0 Å². The van der Waals surface area contributed by atoms with Crippen LogP contribution >= 0.6 is 0 Å². The number of hydrogen-bond donors (Lipinski definition) is 4. The molecular weight excluding hydrogens is 458 g/mol. The van der Waals surface area contributed by atoms with Gasteiger partial charge in [0.25, 0.3) is 0 Å². The first-order valence-corrected chi connectivity index (χ1v) is 11.8. The van der Waals surface area contributed by atoms with Gasteiger partial charge in [0.05, 0.1) is 18.6 Å². The molecule has 0 aliphatic carbocycles. The lowest BCUT2D eigenvalue weighted by molar-refractivity contribution is -0.124. The first kappa shape index (κ1) is 25.2. The SMILES string of the molecule is CCC(CO)(CO)CNC(=O)C(C)n1cc(-c2ccc(Oc3ccccc3)cc2)c2c(N)ncnc21. The Kier molecular flexibility index (Phi) is 7.52. The lowest BCUT2D eigenvalue weighted by Crippen LogP contribution is -2.44. The van der Waals surface area contributed by atoms with Crippen LogP contribution in [0.15, 0.2) is 67.1 Å². The van der Waals surface area contributed by atoms with Gasteiger partial charge in [-0.1, -0.05) is 37.3 Å². The van der Waals surface area contributed by atoms with E-state index in [2.05, 4.69) is 15.3 Å². The first-order valence-electron chi connectivity index (χ1n) is 11.8. The number of nitrogens with zero attached hydrogens (tertiary/aromatic N) is 3. The van der Waals surface area contributed by atoms with Gasteiger partial charge in [-0.05, 0) is 43.2 Å². The molecule has 0 aliphatic heterocycles. The van der Waals surface area contributed by atoms with Crippen LogP contribution in [0.4, 0.5) is 5.82 Å². The Morgan fingerprint density at radius 2 is 1.75 bits per heavy atom. The molecule has 0 bridgehead atoms. The van der Waals surface area contributed by atoms with Gasteiger partial charge in [-0.3, -0.25) is 4.79 Å². The van der Waals surface area contributed by atoms with E-state index in [9.17, 15) is 15.0 Å². The second-order valence-corrected chi connectivity index (χ2v) is 8.91. The molecule has 4 aromatic rings. The van der Waals surface area contributed by atoms with E-state index in [1.54, 1.807) is 11.5 Å². The average molecular weight is 490 g/mol. The number of nitrogens with one attached hydrogen (secondary N) is 1. The van der Waals surface area contributed by atoms with Crippen LogP contribution in [0.2, 0.25) is 0 Å². The molecule has 2 heterocycles. The largest absolute Gasteiger partial charge is 0.457 e. The fourth-order valence-electron chi connectivity index (χ4n) is 4.01. The summed E-state index contributed by atoms with van der Waals surface area (Å²) in [6.45, 7) is 3.34. The number of nitrogens with two attached hydrogens (primary N) is 1. The van der Waals surface area contributed by atoms with Gasteiger partial charge >= 0.3 is 0 Å². The van der Waals surface area contributed by atoms with Crippen molar-refractivity contribution in [3.05, 3.63) is 67.1 Å². The summed E-state index contributed by atoms with van der Waals surface area (Å²) in [7, 11) is 0. The van der Waals surface area contributed by atoms with Crippen molar-refractivity contribution in [2.45, 2.75) is 26.3 Å². The lowest BCUT2D eigenvalue weighted by atomic mass is 9.87. The number of amides is 1. The van der Waals surface area contributed by atoms with Gasteiger partial charge in [0, 0.05) is 23.7 Å². The number of hydrogen-bond acceptors (Lipinski definition) is 7. The monoisotopic (exact) mass is 489 g/mol. The molecule has 2 aromatic carbocycles. The first-order chi connectivity index (χ1) is 17.4. The summed E-state index contributed by atoms with van der Waals surface area (Å²) in [5, 5.41) is 22.9. The Morgan fingerprint density at radius 3 is 2.39 bits per heavy atom. The average Bonchev–Trinajstić information content (AvgIpc) is 3.31. The highest BCUT2D eigenvalue weighted by atomic mass is 16.5. The minimum Gasteiger partial charge on any atom is -0.457 e. The highest BCUT2D eigenvalue weighted by Gasteiger charge is 2.29. The molecule has 0 aliphatic rings. The molecule has 0 spiro atoms. The molecule has 0 saturated heterocycles. The summed E-state index contributed by atoms with van der Waals surface area (Å²) >= 11 is 0. The molecule has 5 N–H and O–H groups in total. The third kappa shape index (κ3) is 5.02. The molecule has 9 nitrogen and oxygen atoms in total. The molecule has 2 aromatic heterocycles. The van der Waals surface area contributed by atoms with Gasteiger partial charge in [0.2, 0.25) is 5.91 Å². The van der Waals surface area contributed by atoms with Crippen molar-refractivity contribution >= 4 is 22.8 Å². The van der Waals surface area contributed by atoms with Crippen LogP contribution in [-0.4, -0.2) is 50.4 Å². The van der Waals surface area contributed by atoms with Gasteiger partial charge in [-0.25, -0.2) is 9.97 Å². The van der Waals surface area contributed by atoms with Crippen molar-refractivity contribution in [1.82, 2.24) is 19.9 Å². The van der Waals surface area contributed by atoms with Crippen LogP contribution in [0, 0.1) is 5.41 Å². The van der Waals surface area contributed by atoms with Crippen molar-refractivity contribution in [3.63, 3.8) is 0 Å². The molecule has 1 atom stereocenters. The van der Waals surface area contributed by atoms with Crippen LogP contribution in [0.5, 0.6) is 11.5 Å². The number of carbonyl (C=O) groups excluding carboxylic acids is 1. The number of aliphatic hydroxyl groups is 2. The number of nitrogen functional groups attached to an aromatic ring is 1. The zero-order chi connectivity index (χ0) is 25.7. The quantitative estimate of drug-likeness (QED) is 0.268. The second-order valence-electron chi connectivity index (χ2n) is 8.91. The van der Waals surface area contributed by atoms with E-state index in [1.165, 1.54) is 6.33 Å². The normalized spacial score (nSPS) is 12.4. The Bertz CT molecular complexity index is 1310. The number of ether oxygens (including phenoxy) is 1. The molecule has 0 saturated carbocycles. The number of rotatable bonds is 10. The molecule has 1 amide bonds. The zero-order valence-corrected chi connectivity index (χ0v) is 20.4. The van der Waals surface area contributed by atoms with Crippen molar-refractivity contribution in [2.24, 2.45) is 5.41 Å². The van der Waals surface area contributed by atoms with E-state index in [-0.39, 0.29) is 25.7 Å². The molecule has 9 heteroatoms. The van der Waals surface area contributed by atoms with Crippen molar-refractivity contribution < 1.29 is 19.7 Å². The number of para-hydroxylation sites is 1. The van der Waals surface area contributed by atoms with Crippen LogP contribution in [0.25, 0.3) is 22.2 Å². The lowest BCUT2D eigenvalue weighted by Gasteiger charge is -2.29. The summed E-state index contributed by atoms with van der Waals surface area (Å²) in [6, 6.07) is 16.5. The number of benzene rings is 2. The van der Waals surface area contributed by atoms with Crippen molar-refractivity contribution in [1.29, 1.82) is 0 Å². The van der Waals surface area contributed by atoms with Gasteiger partial charge < -0.3 is 30.6 Å². The summed E-state index contributed by atoms with van der Waals surface area (Å²) in [6.07, 6.45) is 3.75. The number of fused-ring (bicyclic) bond motifs is 1. The number of aliphatic hydroxyl groups excluding tert-OH is 2. The Balaban J connectivity index is 1.62. The number of carbonyl (C=O) groups is 1. The molecular formula is C27H31N5O4. The summed E-state index contributed by atoms with van der Waals surface area (Å²) < 4.78 is 7.66. The van der Waals surface area contributed by atoms with Gasteiger partial charge in [0.1, 0.15) is 35.3 Å². The van der Waals surface area contributed by atoms with E-state index in [0.717, 1.165) is 16.9 Å². The summed E-state index contributed by atoms with van der Waals surface area (Å²) in [4.78, 5) is 21.6. The maximum Gasteiger partial charge on any atom is 0.242 e. The topological polar surface area (TPSA) is 136 Å². The van der Waals surface area contributed by atoms with Crippen molar-refractivity contribution in [2.75, 3.05) is 25.5 Å². The second kappa shape index (κ2) is 10.8. The highest BCUT2D eigenvalue weighted by molar-refractivity contribution is 6.01. The Morgan fingerprint density at radius 1 is 1.08 bits per heavy atom.